The highest BCUT2D eigenvalue weighted by Crippen LogP contribution is 2.19. The molecule has 0 aliphatic carbocycles. The summed E-state index contributed by atoms with van der Waals surface area (Å²) in [6, 6.07) is 13.7. The molecule has 3 aromatic heterocycles. The number of amides is 1. The molecule has 1 aliphatic heterocycles. The van der Waals surface area contributed by atoms with Crippen LogP contribution in [-0.4, -0.2) is 61.5 Å². The van der Waals surface area contributed by atoms with Gasteiger partial charge in [0.1, 0.15) is 17.2 Å². The van der Waals surface area contributed by atoms with Gasteiger partial charge in [-0.15, -0.1) is 0 Å². The van der Waals surface area contributed by atoms with E-state index in [9.17, 15) is 9.18 Å². The molecular weight excluding hydrogens is 383 g/mol. The third kappa shape index (κ3) is 3.69. The lowest BCUT2D eigenvalue weighted by Gasteiger charge is -2.34. The fourth-order valence-electron chi connectivity index (χ4n) is 3.77. The van der Waals surface area contributed by atoms with Crippen LogP contribution >= 0.6 is 0 Å². The van der Waals surface area contributed by atoms with Gasteiger partial charge in [0, 0.05) is 50.7 Å². The van der Waals surface area contributed by atoms with E-state index in [2.05, 4.69) is 26.3 Å². The number of hydrogen-bond acceptors (Lipinski definition) is 4. The van der Waals surface area contributed by atoms with Gasteiger partial charge in [-0.05, 0) is 42.5 Å². The number of halogens is 1. The van der Waals surface area contributed by atoms with Crippen molar-refractivity contribution < 1.29 is 9.18 Å². The van der Waals surface area contributed by atoms with Crippen molar-refractivity contribution in [3.63, 3.8) is 0 Å². The minimum Gasteiger partial charge on any atom is -0.335 e. The lowest BCUT2D eigenvalue weighted by Crippen LogP contribution is -2.48. The third-order valence-corrected chi connectivity index (χ3v) is 5.41. The molecule has 1 saturated heterocycles. The lowest BCUT2D eigenvalue weighted by molar-refractivity contribution is 0.0621. The lowest BCUT2D eigenvalue weighted by atomic mass is 10.1. The van der Waals surface area contributed by atoms with Crippen molar-refractivity contribution in [1.82, 2.24) is 29.4 Å². The molecule has 30 heavy (non-hydrogen) atoms. The molecule has 152 valence electrons. The van der Waals surface area contributed by atoms with Crippen molar-refractivity contribution in [3.8, 4) is 11.3 Å². The molecule has 1 fully saturated rings. The molecule has 1 aliphatic rings. The van der Waals surface area contributed by atoms with E-state index < -0.39 is 0 Å². The number of aromatic nitrogens is 4. The van der Waals surface area contributed by atoms with Crippen molar-refractivity contribution >= 4 is 11.6 Å². The maximum absolute atomic E-state index is 13.1. The molecule has 4 heterocycles. The smallest absolute Gasteiger partial charge is 0.271 e. The van der Waals surface area contributed by atoms with Gasteiger partial charge in [0.2, 0.25) is 0 Å². The van der Waals surface area contributed by atoms with E-state index in [1.165, 1.54) is 12.1 Å². The number of benzene rings is 1. The first-order valence-corrected chi connectivity index (χ1v) is 9.91. The molecule has 0 atom stereocenters. The van der Waals surface area contributed by atoms with E-state index >= 15 is 0 Å². The summed E-state index contributed by atoms with van der Waals surface area (Å²) in [7, 11) is 0. The normalized spacial score (nSPS) is 15.0. The number of piperazine rings is 1. The van der Waals surface area contributed by atoms with Gasteiger partial charge >= 0.3 is 0 Å². The highest BCUT2D eigenvalue weighted by molar-refractivity contribution is 5.93. The number of carbonyl (C=O) groups excluding carboxylic acids is 1. The Balaban J connectivity index is 1.20. The molecule has 0 spiro atoms. The molecule has 0 radical (unpaired) electrons. The Morgan fingerprint density at radius 2 is 1.87 bits per heavy atom. The maximum atomic E-state index is 13.1. The van der Waals surface area contributed by atoms with Crippen LogP contribution in [0.2, 0.25) is 0 Å². The van der Waals surface area contributed by atoms with Gasteiger partial charge in [-0.25, -0.2) is 9.37 Å². The first kappa shape index (κ1) is 18.5. The first-order valence-electron chi connectivity index (χ1n) is 9.91. The number of carbonyl (C=O) groups is 1. The van der Waals surface area contributed by atoms with Crippen molar-refractivity contribution in [1.29, 1.82) is 0 Å². The molecular formula is C22H21FN6O. The number of nitrogens with one attached hydrogen (secondary N) is 1. The van der Waals surface area contributed by atoms with Crippen molar-refractivity contribution in [3.05, 3.63) is 78.1 Å². The maximum Gasteiger partial charge on any atom is 0.271 e. The monoisotopic (exact) mass is 404 g/mol. The number of pyridine rings is 1. The summed E-state index contributed by atoms with van der Waals surface area (Å²) in [6.07, 6.45) is 4.04. The number of H-pyrrole nitrogens is 1. The van der Waals surface area contributed by atoms with Crippen LogP contribution in [0.25, 0.3) is 16.9 Å². The summed E-state index contributed by atoms with van der Waals surface area (Å²) in [6.45, 7) is 3.65. The van der Waals surface area contributed by atoms with Crippen LogP contribution in [-0.2, 0) is 6.54 Å². The Labute approximate surface area is 172 Å². The zero-order chi connectivity index (χ0) is 20.5. The fourth-order valence-corrected chi connectivity index (χ4v) is 3.77. The molecule has 5 rings (SSSR count). The summed E-state index contributed by atoms with van der Waals surface area (Å²) in [5.74, 6) is -0.365. The van der Waals surface area contributed by atoms with Gasteiger partial charge in [-0.2, -0.15) is 5.10 Å². The minimum absolute atomic E-state index is 0.0664. The predicted molar refractivity (Wildman–Crippen MR) is 110 cm³/mol. The van der Waals surface area contributed by atoms with Crippen LogP contribution in [0.1, 0.15) is 16.2 Å². The van der Waals surface area contributed by atoms with Gasteiger partial charge < -0.3 is 9.30 Å². The van der Waals surface area contributed by atoms with Crippen molar-refractivity contribution in [2.24, 2.45) is 0 Å². The Kier molecular flexibility index (Phi) is 4.76. The summed E-state index contributed by atoms with van der Waals surface area (Å²) >= 11 is 0. The van der Waals surface area contributed by atoms with Crippen molar-refractivity contribution in [2.75, 3.05) is 26.2 Å². The fraction of sp³-hybridized carbons (Fsp3) is 0.227. The number of imidazole rings is 1. The van der Waals surface area contributed by atoms with Gasteiger partial charge in [-0.1, -0.05) is 6.07 Å². The second-order valence-corrected chi connectivity index (χ2v) is 7.44. The van der Waals surface area contributed by atoms with E-state index in [-0.39, 0.29) is 11.7 Å². The largest absolute Gasteiger partial charge is 0.335 e. The van der Waals surface area contributed by atoms with Crippen LogP contribution in [0.15, 0.2) is 60.9 Å². The zero-order valence-corrected chi connectivity index (χ0v) is 16.3. The van der Waals surface area contributed by atoms with Gasteiger partial charge in [0.25, 0.3) is 5.91 Å². The predicted octanol–water partition coefficient (Wildman–Crippen LogP) is 2.82. The third-order valence-electron chi connectivity index (χ3n) is 5.41. The Morgan fingerprint density at radius 3 is 2.63 bits per heavy atom. The minimum atomic E-state index is -0.299. The quantitative estimate of drug-likeness (QED) is 0.568. The average molecular weight is 404 g/mol. The van der Waals surface area contributed by atoms with Crippen LogP contribution in [0.4, 0.5) is 4.39 Å². The molecule has 7 nitrogen and oxygen atoms in total. The molecule has 1 amide bonds. The van der Waals surface area contributed by atoms with Gasteiger partial charge in [0.05, 0.1) is 11.4 Å². The summed E-state index contributed by atoms with van der Waals surface area (Å²) in [4.78, 5) is 21.6. The molecule has 1 aromatic carbocycles. The Bertz CT molecular complexity index is 1140. The van der Waals surface area contributed by atoms with Crippen molar-refractivity contribution in [2.45, 2.75) is 6.54 Å². The highest BCUT2D eigenvalue weighted by Gasteiger charge is 2.24. The standard InChI is InChI=1S/C22H21FN6O/c23-17-6-4-16(5-7-17)19-13-20(26-25-19)22(30)28-11-9-27(10-12-28)14-18-15-29-8-2-1-3-21(29)24-18/h1-8,13,15H,9-12,14H2,(H,25,26). The topological polar surface area (TPSA) is 69.5 Å². The summed E-state index contributed by atoms with van der Waals surface area (Å²) < 4.78 is 15.1. The van der Waals surface area contributed by atoms with E-state index in [1.807, 2.05) is 33.7 Å². The second-order valence-electron chi connectivity index (χ2n) is 7.44. The van der Waals surface area contributed by atoms with Crippen LogP contribution in [0.5, 0.6) is 0 Å². The first-order chi connectivity index (χ1) is 14.7. The SMILES string of the molecule is O=C(c1cc(-c2ccc(F)cc2)n[nH]1)N1CCN(Cc2cn3ccccc3n2)CC1. The Hall–Kier alpha value is -3.52. The highest BCUT2D eigenvalue weighted by atomic mass is 19.1. The van der Waals surface area contributed by atoms with Crippen LogP contribution in [0, 0.1) is 5.82 Å². The number of nitrogens with zero attached hydrogens (tertiary/aromatic N) is 5. The van der Waals surface area contributed by atoms with E-state index in [0.29, 0.717) is 24.5 Å². The number of fused-ring (bicyclic) bond motifs is 1. The second kappa shape index (κ2) is 7.72. The van der Waals surface area contributed by atoms with Gasteiger partial charge in [-0.3, -0.25) is 14.8 Å². The molecule has 8 heteroatoms. The van der Waals surface area contributed by atoms with Crippen LogP contribution in [0.3, 0.4) is 0 Å². The number of hydrogen-bond donors (Lipinski definition) is 1. The number of aromatic amines is 1. The Morgan fingerprint density at radius 1 is 1.07 bits per heavy atom. The zero-order valence-electron chi connectivity index (χ0n) is 16.3. The van der Waals surface area contributed by atoms with E-state index in [4.69, 9.17) is 0 Å². The van der Waals surface area contributed by atoms with Crippen LogP contribution < -0.4 is 0 Å². The average Bonchev–Trinajstić information content (AvgIpc) is 3.41. The number of rotatable bonds is 4. The molecule has 0 saturated carbocycles. The molecule has 0 bridgehead atoms. The van der Waals surface area contributed by atoms with E-state index in [1.54, 1.807) is 18.2 Å². The van der Waals surface area contributed by atoms with E-state index in [0.717, 1.165) is 36.5 Å². The molecule has 1 N–H and O–H groups in total. The molecule has 4 aromatic rings. The summed E-state index contributed by atoms with van der Waals surface area (Å²) in [5, 5.41) is 7.03. The van der Waals surface area contributed by atoms with Gasteiger partial charge in [0.15, 0.2) is 0 Å². The summed E-state index contributed by atoms with van der Waals surface area (Å²) in [5.41, 5.74) is 3.81. The molecule has 0 unspecified atom stereocenters.